The Morgan fingerprint density at radius 1 is 1.06 bits per heavy atom. The van der Waals surface area contributed by atoms with E-state index in [0.717, 1.165) is 5.92 Å². The van der Waals surface area contributed by atoms with E-state index in [1.165, 1.54) is 24.9 Å². The third kappa shape index (κ3) is 2.95. The summed E-state index contributed by atoms with van der Waals surface area (Å²) >= 11 is 0. The fourth-order valence-electron chi connectivity index (χ4n) is 2.83. The highest BCUT2D eigenvalue weighted by Gasteiger charge is 2.45. The highest BCUT2D eigenvalue weighted by Crippen LogP contribution is 2.51. The molecule has 1 saturated carbocycles. The molecule has 18 heavy (non-hydrogen) atoms. The highest BCUT2D eigenvalue weighted by molar-refractivity contribution is 5.19. The Balaban J connectivity index is 2.00. The average Bonchev–Trinajstić information content (AvgIpc) is 3.11. The molecule has 0 aliphatic heterocycles. The summed E-state index contributed by atoms with van der Waals surface area (Å²) in [4.78, 5) is 0. The van der Waals surface area contributed by atoms with Crippen LogP contribution in [0.25, 0.3) is 0 Å². The van der Waals surface area contributed by atoms with Crippen LogP contribution in [0.15, 0.2) is 30.3 Å². The van der Waals surface area contributed by atoms with E-state index < -0.39 is 0 Å². The van der Waals surface area contributed by atoms with Gasteiger partial charge in [-0.2, -0.15) is 0 Å². The van der Waals surface area contributed by atoms with Gasteiger partial charge in [0.15, 0.2) is 0 Å². The first-order valence-electron chi connectivity index (χ1n) is 7.33. The second kappa shape index (κ2) is 5.44. The minimum Gasteiger partial charge on any atom is -0.309 e. The van der Waals surface area contributed by atoms with Crippen molar-refractivity contribution in [1.29, 1.82) is 0 Å². The van der Waals surface area contributed by atoms with E-state index in [0.29, 0.717) is 17.4 Å². The largest absolute Gasteiger partial charge is 0.309 e. The first-order valence-corrected chi connectivity index (χ1v) is 7.33. The zero-order valence-corrected chi connectivity index (χ0v) is 12.2. The zero-order valence-electron chi connectivity index (χ0n) is 12.2. The fourth-order valence-corrected chi connectivity index (χ4v) is 2.83. The second-order valence-electron chi connectivity index (χ2n) is 6.53. The fraction of sp³-hybridized carbons (Fsp3) is 0.647. The smallest absolute Gasteiger partial charge is 0.0343 e. The summed E-state index contributed by atoms with van der Waals surface area (Å²) in [5.74, 6) is 1.43. The predicted molar refractivity (Wildman–Crippen MR) is 78.5 cm³/mol. The number of hydrogen-bond donors (Lipinski definition) is 1. The van der Waals surface area contributed by atoms with Crippen molar-refractivity contribution in [3.63, 3.8) is 0 Å². The maximum atomic E-state index is 3.82. The van der Waals surface area contributed by atoms with Crippen LogP contribution in [-0.4, -0.2) is 6.54 Å². The van der Waals surface area contributed by atoms with Crippen LogP contribution in [0.4, 0.5) is 0 Å². The molecule has 2 rings (SSSR count). The van der Waals surface area contributed by atoms with Gasteiger partial charge in [-0.1, -0.05) is 58.0 Å². The van der Waals surface area contributed by atoms with Gasteiger partial charge in [-0.15, -0.1) is 0 Å². The molecule has 0 bridgehead atoms. The molecule has 1 N–H and O–H groups in total. The van der Waals surface area contributed by atoms with Crippen LogP contribution < -0.4 is 5.32 Å². The third-order valence-corrected chi connectivity index (χ3v) is 4.62. The molecule has 0 saturated heterocycles. The van der Waals surface area contributed by atoms with Crippen LogP contribution in [0.1, 0.15) is 52.1 Å². The van der Waals surface area contributed by atoms with Gasteiger partial charge >= 0.3 is 0 Å². The summed E-state index contributed by atoms with van der Waals surface area (Å²) < 4.78 is 0. The molecule has 1 aromatic rings. The van der Waals surface area contributed by atoms with Crippen molar-refractivity contribution in [1.82, 2.24) is 5.32 Å². The first kappa shape index (κ1) is 13.6. The molecule has 1 unspecified atom stereocenters. The Kier molecular flexibility index (Phi) is 4.11. The number of nitrogens with one attached hydrogen (secondary N) is 1. The molecule has 0 heterocycles. The van der Waals surface area contributed by atoms with Gasteiger partial charge in [-0.3, -0.25) is 0 Å². The Morgan fingerprint density at radius 3 is 2.11 bits per heavy atom. The van der Waals surface area contributed by atoms with Gasteiger partial charge in [0.05, 0.1) is 0 Å². The number of rotatable bonds is 6. The van der Waals surface area contributed by atoms with Gasteiger partial charge in [0.1, 0.15) is 0 Å². The van der Waals surface area contributed by atoms with Gasteiger partial charge in [-0.25, -0.2) is 0 Å². The molecule has 1 aliphatic carbocycles. The molecular formula is C17H27N. The molecule has 1 aliphatic rings. The normalized spacial score (nSPS) is 19.2. The summed E-state index contributed by atoms with van der Waals surface area (Å²) in [6, 6.07) is 11.3. The van der Waals surface area contributed by atoms with E-state index in [1.807, 2.05) is 0 Å². The van der Waals surface area contributed by atoms with Crippen molar-refractivity contribution in [3.05, 3.63) is 35.9 Å². The standard InChI is InChI=1S/C17H27N/c1-13(2)16(15-8-6-5-7-9-15)18-12-17(10-11-17)14(3)4/h5-9,13-14,16,18H,10-12H2,1-4H3. The molecule has 0 aromatic heterocycles. The van der Waals surface area contributed by atoms with E-state index in [2.05, 4.69) is 63.3 Å². The molecule has 1 aromatic carbocycles. The van der Waals surface area contributed by atoms with Crippen LogP contribution in [-0.2, 0) is 0 Å². The van der Waals surface area contributed by atoms with Gasteiger partial charge < -0.3 is 5.32 Å². The molecular weight excluding hydrogens is 218 g/mol. The number of benzene rings is 1. The first-order chi connectivity index (χ1) is 8.55. The SMILES string of the molecule is CC(C)C(NCC1(C(C)C)CC1)c1ccccc1. The zero-order chi connectivity index (χ0) is 13.2. The van der Waals surface area contributed by atoms with E-state index in [1.54, 1.807) is 0 Å². The minimum absolute atomic E-state index is 0.488. The Bertz CT molecular complexity index is 362. The van der Waals surface area contributed by atoms with Crippen LogP contribution in [0.3, 0.4) is 0 Å². The van der Waals surface area contributed by atoms with Gasteiger partial charge in [0, 0.05) is 12.6 Å². The molecule has 100 valence electrons. The van der Waals surface area contributed by atoms with Crippen LogP contribution >= 0.6 is 0 Å². The summed E-state index contributed by atoms with van der Waals surface area (Å²) in [5.41, 5.74) is 2.01. The van der Waals surface area contributed by atoms with E-state index in [9.17, 15) is 0 Å². The molecule has 1 heteroatoms. The van der Waals surface area contributed by atoms with Crippen LogP contribution in [0.2, 0.25) is 0 Å². The van der Waals surface area contributed by atoms with E-state index in [-0.39, 0.29) is 0 Å². The Hall–Kier alpha value is -0.820. The molecule has 0 amide bonds. The number of hydrogen-bond acceptors (Lipinski definition) is 1. The molecule has 1 fully saturated rings. The molecule has 0 radical (unpaired) electrons. The Labute approximate surface area is 112 Å². The lowest BCUT2D eigenvalue weighted by molar-refractivity contribution is 0.298. The average molecular weight is 245 g/mol. The quantitative estimate of drug-likeness (QED) is 0.783. The summed E-state index contributed by atoms with van der Waals surface area (Å²) in [6.07, 6.45) is 2.80. The van der Waals surface area contributed by atoms with Crippen molar-refractivity contribution in [2.24, 2.45) is 17.3 Å². The lowest BCUT2D eigenvalue weighted by Crippen LogP contribution is -2.33. The lowest BCUT2D eigenvalue weighted by Gasteiger charge is -2.28. The highest BCUT2D eigenvalue weighted by atomic mass is 14.9. The van der Waals surface area contributed by atoms with Crippen molar-refractivity contribution in [2.45, 2.75) is 46.6 Å². The van der Waals surface area contributed by atoms with Crippen molar-refractivity contribution >= 4 is 0 Å². The van der Waals surface area contributed by atoms with E-state index >= 15 is 0 Å². The van der Waals surface area contributed by atoms with E-state index in [4.69, 9.17) is 0 Å². The van der Waals surface area contributed by atoms with Crippen molar-refractivity contribution in [2.75, 3.05) is 6.54 Å². The van der Waals surface area contributed by atoms with Crippen LogP contribution in [0, 0.1) is 17.3 Å². The van der Waals surface area contributed by atoms with Gasteiger partial charge in [0.2, 0.25) is 0 Å². The van der Waals surface area contributed by atoms with Gasteiger partial charge in [0.25, 0.3) is 0 Å². The summed E-state index contributed by atoms with van der Waals surface area (Å²) in [5, 5.41) is 3.82. The molecule has 0 spiro atoms. The maximum absolute atomic E-state index is 3.82. The van der Waals surface area contributed by atoms with Crippen LogP contribution in [0.5, 0.6) is 0 Å². The summed E-state index contributed by atoms with van der Waals surface area (Å²) in [7, 11) is 0. The summed E-state index contributed by atoms with van der Waals surface area (Å²) in [6.45, 7) is 10.5. The monoisotopic (exact) mass is 245 g/mol. The Morgan fingerprint density at radius 2 is 1.67 bits per heavy atom. The van der Waals surface area contributed by atoms with Crippen molar-refractivity contribution in [3.8, 4) is 0 Å². The lowest BCUT2D eigenvalue weighted by atomic mass is 9.90. The predicted octanol–water partition coefficient (Wildman–Crippen LogP) is 4.41. The minimum atomic E-state index is 0.488. The topological polar surface area (TPSA) is 12.0 Å². The maximum Gasteiger partial charge on any atom is 0.0343 e. The third-order valence-electron chi connectivity index (χ3n) is 4.62. The van der Waals surface area contributed by atoms with Gasteiger partial charge in [-0.05, 0) is 35.7 Å². The molecule has 1 nitrogen and oxygen atoms in total. The van der Waals surface area contributed by atoms with Crippen molar-refractivity contribution < 1.29 is 0 Å². The molecule has 1 atom stereocenters. The second-order valence-corrected chi connectivity index (χ2v) is 6.53.